The number of nitrogens with zero attached hydrogens (tertiary/aromatic N) is 3. The molecule has 2 aliphatic heterocycles. The number of benzene rings is 1. The van der Waals surface area contributed by atoms with Crippen molar-refractivity contribution in [3.05, 3.63) is 65.0 Å². The number of aromatic nitrogens is 1. The molecule has 0 radical (unpaired) electrons. The molecule has 1 aromatic carbocycles. The number of methoxy groups -OCH3 is 1. The number of pyridine rings is 1. The van der Waals surface area contributed by atoms with Gasteiger partial charge < -0.3 is 19.5 Å². The number of ether oxygens (including phenoxy) is 2. The molecule has 1 amide bonds. The maximum absolute atomic E-state index is 13.1. The van der Waals surface area contributed by atoms with Gasteiger partial charge in [-0.3, -0.25) is 19.5 Å². The molecule has 2 aliphatic rings. The summed E-state index contributed by atoms with van der Waals surface area (Å²) in [6, 6.07) is 8.03. The molecule has 3 heterocycles. The van der Waals surface area contributed by atoms with Crippen molar-refractivity contribution in [2.24, 2.45) is 0 Å². The van der Waals surface area contributed by atoms with Gasteiger partial charge in [0, 0.05) is 44.1 Å². The first-order chi connectivity index (χ1) is 15.5. The summed E-state index contributed by atoms with van der Waals surface area (Å²) in [5.74, 6) is -0.797. The van der Waals surface area contributed by atoms with Gasteiger partial charge in [-0.2, -0.15) is 0 Å². The average molecular weight is 437 g/mol. The molecular weight excluding hydrogens is 410 g/mol. The minimum atomic E-state index is -0.681. The van der Waals surface area contributed by atoms with Gasteiger partial charge in [0.1, 0.15) is 11.5 Å². The Labute approximate surface area is 187 Å². The van der Waals surface area contributed by atoms with Crippen molar-refractivity contribution in [2.45, 2.75) is 13.0 Å². The van der Waals surface area contributed by atoms with Gasteiger partial charge in [0.25, 0.3) is 11.7 Å². The van der Waals surface area contributed by atoms with E-state index < -0.39 is 17.7 Å². The maximum Gasteiger partial charge on any atom is 0.295 e. The predicted octanol–water partition coefficient (Wildman–Crippen LogP) is 2.15. The van der Waals surface area contributed by atoms with Crippen LogP contribution in [0.25, 0.3) is 5.76 Å². The molecule has 2 saturated heterocycles. The van der Waals surface area contributed by atoms with Crippen LogP contribution in [0.1, 0.15) is 22.7 Å². The van der Waals surface area contributed by atoms with Gasteiger partial charge in [0.15, 0.2) is 0 Å². The lowest BCUT2D eigenvalue weighted by Crippen LogP contribution is -2.42. The summed E-state index contributed by atoms with van der Waals surface area (Å²) in [7, 11) is 1.57. The fourth-order valence-electron chi connectivity index (χ4n) is 4.26. The average Bonchev–Trinajstić information content (AvgIpc) is 3.08. The first kappa shape index (κ1) is 22.0. The molecule has 8 nitrogen and oxygen atoms in total. The summed E-state index contributed by atoms with van der Waals surface area (Å²) < 4.78 is 10.7. The van der Waals surface area contributed by atoms with Crippen LogP contribution in [-0.2, 0) is 14.3 Å². The summed E-state index contributed by atoms with van der Waals surface area (Å²) in [4.78, 5) is 33.9. The van der Waals surface area contributed by atoms with E-state index in [1.54, 1.807) is 54.7 Å². The molecule has 0 spiro atoms. The van der Waals surface area contributed by atoms with Crippen LogP contribution in [0.4, 0.5) is 0 Å². The molecule has 32 heavy (non-hydrogen) atoms. The molecule has 8 heteroatoms. The van der Waals surface area contributed by atoms with E-state index in [1.807, 2.05) is 6.92 Å². The second kappa shape index (κ2) is 9.50. The Bertz CT molecular complexity index is 1030. The van der Waals surface area contributed by atoms with Gasteiger partial charge in [0.05, 0.1) is 31.9 Å². The molecule has 0 aliphatic carbocycles. The van der Waals surface area contributed by atoms with Crippen LogP contribution in [0.2, 0.25) is 0 Å². The third-order valence-electron chi connectivity index (χ3n) is 5.99. The molecule has 1 aromatic heterocycles. The summed E-state index contributed by atoms with van der Waals surface area (Å²) in [5, 5.41) is 11.2. The van der Waals surface area contributed by atoms with Gasteiger partial charge >= 0.3 is 0 Å². The molecule has 4 rings (SSSR count). The van der Waals surface area contributed by atoms with Crippen LogP contribution >= 0.6 is 0 Å². The SMILES string of the molecule is COc1ccc(C(O)=C2C(=O)C(=O)N(CCN3CCOCC3)[C@@H]2c2ccncc2)cc1C. The highest BCUT2D eigenvalue weighted by Gasteiger charge is 2.46. The number of hydrogen-bond donors (Lipinski definition) is 1. The van der Waals surface area contributed by atoms with E-state index in [1.165, 1.54) is 0 Å². The highest BCUT2D eigenvalue weighted by Crippen LogP contribution is 2.39. The molecule has 0 unspecified atom stereocenters. The minimum absolute atomic E-state index is 0.0905. The molecular formula is C24H27N3O5. The highest BCUT2D eigenvalue weighted by atomic mass is 16.5. The Morgan fingerprint density at radius 1 is 1.16 bits per heavy atom. The smallest absolute Gasteiger partial charge is 0.295 e. The van der Waals surface area contributed by atoms with Crippen LogP contribution in [0, 0.1) is 6.92 Å². The Hall–Kier alpha value is -3.23. The zero-order valence-electron chi connectivity index (χ0n) is 18.3. The number of morpholine rings is 1. The molecule has 168 valence electrons. The van der Waals surface area contributed by atoms with E-state index in [4.69, 9.17) is 9.47 Å². The van der Waals surface area contributed by atoms with E-state index in [-0.39, 0.29) is 11.3 Å². The molecule has 0 saturated carbocycles. The lowest BCUT2D eigenvalue weighted by molar-refractivity contribution is -0.140. The number of likely N-dealkylation sites (tertiary alicyclic amines) is 1. The van der Waals surface area contributed by atoms with Crippen LogP contribution in [0.3, 0.4) is 0 Å². The lowest BCUT2D eigenvalue weighted by atomic mass is 9.95. The molecule has 0 bridgehead atoms. The summed E-state index contributed by atoms with van der Waals surface area (Å²) >= 11 is 0. The van der Waals surface area contributed by atoms with Crippen LogP contribution in [0.5, 0.6) is 5.75 Å². The number of aryl methyl sites for hydroxylation is 1. The number of aliphatic hydroxyl groups is 1. The van der Waals surface area contributed by atoms with Crippen molar-refractivity contribution in [3.63, 3.8) is 0 Å². The van der Waals surface area contributed by atoms with Gasteiger partial charge in [-0.25, -0.2) is 0 Å². The summed E-state index contributed by atoms with van der Waals surface area (Å²) in [6.07, 6.45) is 3.24. The fraction of sp³-hybridized carbons (Fsp3) is 0.375. The number of hydrogen-bond acceptors (Lipinski definition) is 7. The van der Waals surface area contributed by atoms with Crippen LogP contribution < -0.4 is 4.74 Å². The molecule has 1 atom stereocenters. The Morgan fingerprint density at radius 2 is 1.88 bits per heavy atom. The number of Topliss-reactive ketones (excluding diaryl/α,β-unsaturated/α-hetero) is 1. The molecule has 2 aromatic rings. The number of amides is 1. The van der Waals surface area contributed by atoms with Gasteiger partial charge in [-0.1, -0.05) is 0 Å². The van der Waals surface area contributed by atoms with E-state index in [9.17, 15) is 14.7 Å². The third-order valence-corrected chi connectivity index (χ3v) is 5.99. The van der Waals surface area contributed by atoms with Crippen molar-refractivity contribution in [2.75, 3.05) is 46.5 Å². The lowest BCUT2D eigenvalue weighted by Gasteiger charge is -2.31. The first-order valence-electron chi connectivity index (χ1n) is 10.6. The minimum Gasteiger partial charge on any atom is -0.507 e. The van der Waals surface area contributed by atoms with Gasteiger partial charge in [-0.05, 0) is 48.4 Å². The predicted molar refractivity (Wildman–Crippen MR) is 118 cm³/mol. The number of carbonyl (C=O) groups excluding carboxylic acids is 2. The van der Waals surface area contributed by atoms with Crippen molar-refractivity contribution < 1.29 is 24.2 Å². The van der Waals surface area contributed by atoms with E-state index >= 15 is 0 Å². The number of ketones is 1. The van der Waals surface area contributed by atoms with Crippen molar-refractivity contribution in [3.8, 4) is 5.75 Å². The third kappa shape index (κ3) is 4.24. The topological polar surface area (TPSA) is 92.2 Å². The maximum atomic E-state index is 13.1. The quantitative estimate of drug-likeness (QED) is 0.421. The Kier molecular flexibility index (Phi) is 6.53. The largest absolute Gasteiger partial charge is 0.507 e. The van der Waals surface area contributed by atoms with Crippen molar-refractivity contribution in [1.82, 2.24) is 14.8 Å². The number of aliphatic hydroxyl groups excluding tert-OH is 1. The standard InChI is InChI=1S/C24H27N3O5/c1-16-15-18(3-4-19(16)31-2)22(28)20-21(17-5-7-25-8-6-17)27(24(30)23(20)29)10-9-26-11-13-32-14-12-26/h3-8,15,21,28H,9-14H2,1-2H3/t21-/m1/s1. The van der Waals surface area contributed by atoms with Crippen LogP contribution in [0.15, 0.2) is 48.3 Å². The van der Waals surface area contributed by atoms with Gasteiger partial charge in [-0.15, -0.1) is 0 Å². The molecule has 1 N–H and O–H groups in total. The van der Waals surface area contributed by atoms with Crippen molar-refractivity contribution >= 4 is 17.4 Å². The second-order valence-corrected chi connectivity index (χ2v) is 7.91. The number of rotatable bonds is 6. The fourth-order valence-corrected chi connectivity index (χ4v) is 4.26. The number of carbonyl (C=O) groups is 2. The zero-order valence-corrected chi connectivity index (χ0v) is 18.3. The first-order valence-corrected chi connectivity index (χ1v) is 10.6. The van der Waals surface area contributed by atoms with E-state index in [0.29, 0.717) is 37.6 Å². The Morgan fingerprint density at radius 3 is 2.53 bits per heavy atom. The van der Waals surface area contributed by atoms with Gasteiger partial charge in [0.2, 0.25) is 0 Å². The molecule has 2 fully saturated rings. The Balaban J connectivity index is 1.72. The van der Waals surface area contributed by atoms with E-state index in [0.717, 1.165) is 24.2 Å². The van der Waals surface area contributed by atoms with Crippen LogP contribution in [-0.4, -0.2) is 78.1 Å². The van der Waals surface area contributed by atoms with E-state index in [2.05, 4.69) is 9.88 Å². The summed E-state index contributed by atoms with van der Waals surface area (Å²) in [5.41, 5.74) is 2.10. The summed E-state index contributed by atoms with van der Waals surface area (Å²) in [6.45, 7) is 5.74. The second-order valence-electron chi connectivity index (χ2n) is 7.91. The highest BCUT2D eigenvalue weighted by molar-refractivity contribution is 6.46. The van der Waals surface area contributed by atoms with Crippen molar-refractivity contribution in [1.29, 1.82) is 0 Å². The zero-order chi connectivity index (χ0) is 22.7. The monoisotopic (exact) mass is 437 g/mol. The normalized spacial score (nSPS) is 21.2.